The molecule has 0 fully saturated rings. The summed E-state index contributed by atoms with van der Waals surface area (Å²) >= 11 is 0. The highest BCUT2D eigenvalue weighted by atomic mass is 16.2. The molecule has 2 aromatic rings. The Balaban J connectivity index is 2.10. The van der Waals surface area contributed by atoms with Crippen LogP contribution in [0.5, 0.6) is 0 Å². The van der Waals surface area contributed by atoms with Crippen LogP contribution in [0.3, 0.4) is 0 Å². The fraction of sp³-hybridized carbons (Fsp3) is 0.105. The summed E-state index contributed by atoms with van der Waals surface area (Å²) in [5.41, 5.74) is 3.32. The van der Waals surface area contributed by atoms with Crippen LogP contribution in [-0.2, 0) is 0 Å². The third kappa shape index (κ3) is 2.33. The average Bonchev–Trinajstić information content (AvgIpc) is 2.82. The lowest BCUT2D eigenvalue weighted by Crippen LogP contribution is -2.24. The van der Waals surface area contributed by atoms with Gasteiger partial charge in [0.2, 0.25) is 0 Å². The Morgan fingerprint density at radius 3 is 1.96 bits per heavy atom. The first-order valence-corrected chi connectivity index (χ1v) is 7.20. The maximum absolute atomic E-state index is 12.6. The zero-order valence-corrected chi connectivity index (χ0v) is 12.8. The van der Waals surface area contributed by atoms with E-state index in [0.29, 0.717) is 16.7 Å². The Morgan fingerprint density at radius 1 is 0.957 bits per heavy atom. The predicted molar refractivity (Wildman–Crippen MR) is 86.4 cm³/mol. The molecule has 0 saturated heterocycles. The molecule has 3 rings (SSSR count). The standard InChI is InChI=1S/C19H14N2O2/c1-12-8-9-13(2)17-16(12)18(22)21(19(17)23)11-15(10-20)14-6-4-3-5-7-14/h3-9,11H,1-2H3/b15-11+. The van der Waals surface area contributed by atoms with E-state index in [9.17, 15) is 14.9 Å². The summed E-state index contributed by atoms with van der Waals surface area (Å²) in [7, 11) is 0. The molecule has 0 radical (unpaired) electrons. The number of fused-ring (bicyclic) bond motifs is 1. The van der Waals surface area contributed by atoms with E-state index in [0.717, 1.165) is 16.0 Å². The summed E-state index contributed by atoms with van der Waals surface area (Å²) < 4.78 is 0. The molecule has 112 valence electrons. The number of nitrogens with zero attached hydrogens (tertiary/aromatic N) is 2. The number of rotatable bonds is 2. The molecule has 1 heterocycles. The minimum atomic E-state index is -0.380. The molecule has 1 aliphatic heterocycles. The van der Waals surface area contributed by atoms with Gasteiger partial charge in [-0.15, -0.1) is 0 Å². The molecule has 1 aliphatic rings. The van der Waals surface area contributed by atoms with E-state index >= 15 is 0 Å². The average molecular weight is 302 g/mol. The van der Waals surface area contributed by atoms with Crippen LogP contribution in [0.25, 0.3) is 5.57 Å². The minimum absolute atomic E-state index is 0.274. The lowest BCUT2D eigenvalue weighted by atomic mass is 9.99. The molecular weight excluding hydrogens is 288 g/mol. The molecule has 4 heteroatoms. The van der Waals surface area contributed by atoms with Gasteiger partial charge in [-0.2, -0.15) is 5.26 Å². The second kappa shape index (κ2) is 5.54. The molecule has 0 N–H and O–H groups in total. The number of hydrogen-bond acceptors (Lipinski definition) is 3. The molecular formula is C19H14N2O2. The van der Waals surface area contributed by atoms with Gasteiger partial charge < -0.3 is 0 Å². The second-order valence-electron chi connectivity index (χ2n) is 5.45. The number of amides is 2. The molecule has 0 aromatic heterocycles. The quantitative estimate of drug-likeness (QED) is 0.630. The third-order valence-electron chi connectivity index (χ3n) is 3.95. The molecule has 23 heavy (non-hydrogen) atoms. The maximum Gasteiger partial charge on any atom is 0.265 e. The van der Waals surface area contributed by atoms with Crippen LogP contribution in [-0.4, -0.2) is 16.7 Å². The maximum atomic E-state index is 12.6. The highest BCUT2D eigenvalue weighted by Crippen LogP contribution is 2.30. The van der Waals surface area contributed by atoms with Crippen LogP contribution in [0.4, 0.5) is 0 Å². The summed E-state index contributed by atoms with van der Waals surface area (Å²) in [6, 6.07) is 14.7. The van der Waals surface area contributed by atoms with E-state index in [1.54, 1.807) is 38.1 Å². The monoisotopic (exact) mass is 302 g/mol. The smallest absolute Gasteiger partial charge is 0.265 e. The minimum Gasteiger partial charge on any atom is -0.268 e. The van der Waals surface area contributed by atoms with Gasteiger partial charge in [-0.3, -0.25) is 9.59 Å². The zero-order chi connectivity index (χ0) is 16.6. The van der Waals surface area contributed by atoms with Gasteiger partial charge in [0.05, 0.1) is 16.7 Å². The van der Waals surface area contributed by atoms with Crippen LogP contribution < -0.4 is 0 Å². The summed E-state index contributed by atoms with van der Waals surface area (Å²) in [5, 5.41) is 9.37. The number of hydrogen-bond donors (Lipinski definition) is 0. The predicted octanol–water partition coefficient (Wildman–Crippen LogP) is 3.46. The van der Waals surface area contributed by atoms with E-state index in [2.05, 4.69) is 6.07 Å². The van der Waals surface area contributed by atoms with E-state index in [-0.39, 0.29) is 17.4 Å². The van der Waals surface area contributed by atoms with E-state index < -0.39 is 0 Å². The number of allylic oxidation sites excluding steroid dienone is 1. The highest BCUT2D eigenvalue weighted by Gasteiger charge is 2.37. The lowest BCUT2D eigenvalue weighted by molar-refractivity contribution is 0.0722. The fourth-order valence-electron chi connectivity index (χ4n) is 2.73. The first kappa shape index (κ1) is 14.7. The SMILES string of the molecule is Cc1ccc(C)c2c1C(=O)N(/C=C(\C#N)c1ccccc1)C2=O. The van der Waals surface area contributed by atoms with Crippen LogP contribution in [0.2, 0.25) is 0 Å². The van der Waals surface area contributed by atoms with Crippen molar-refractivity contribution >= 4 is 17.4 Å². The summed E-state index contributed by atoms with van der Waals surface area (Å²) in [4.78, 5) is 26.3. The third-order valence-corrected chi connectivity index (χ3v) is 3.95. The molecule has 0 bridgehead atoms. The largest absolute Gasteiger partial charge is 0.268 e. The van der Waals surface area contributed by atoms with Crippen molar-refractivity contribution in [2.45, 2.75) is 13.8 Å². The van der Waals surface area contributed by atoms with Crippen LogP contribution in [0.15, 0.2) is 48.7 Å². The van der Waals surface area contributed by atoms with Gasteiger partial charge in [-0.1, -0.05) is 42.5 Å². The van der Waals surface area contributed by atoms with Gasteiger partial charge in [0.15, 0.2) is 0 Å². The van der Waals surface area contributed by atoms with Gasteiger partial charge in [-0.25, -0.2) is 4.90 Å². The Morgan fingerprint density at radius 2 is 1.48 bits per heavy atom. The first-order valence-electron chi connectivity index (χ1n) is 7.20. The Bertz CT molecular complexity index is 849. The summed E-state index contributed by atoms with van der Waals surface area (Å²) in [6.07, 6.45) is 1.33. The second-order valence-corrected chi connectivity index (χ2v) is 5.45. The number of imide groups is 1. The Kier molecular flexibility index (Phi) is 3.55. The Labute approximate surface area is 134 Å². The normalized spacial score (nSPS) is 14.0. The molecule has 0 aliphatic carbocycles. The van der Waals surface area contributed by atoms with Crippen LogP contribution >= 0.6 is 0 Å². The molecule has 0 spiro atoms. The topological polar surface area (TPSA) is 61.2 Å². The van der Waals surface area contributed by atoms with Crippen LogP contribution in [0.1, 0.15) is 37.4 Å². The van der Waals surface area contributed by atoms with Crippen molar-refractivity contribution in [1.82, 2.24) is 4.90 Å². The van der Waals surface area contributed by atoms with Crippen molar-refractivity contribution in [1.29, 1.82) is 5.26 Å². The summed E-state index contributed by atoms with van der Waals surface area (Å²) in [6.45, 7) is 3.61. The van der Waals surface area contributed by atoms with Crippen molar-refractivity contribution in [3.63, 3.8) is 0 Å². The van der Waals surface area contributed by atoms with Crippen LogP contribution in [0, 0.1) is 25.2 Å². The molecule has 0 saturated carbocycles. The van der Waals surface area contributed by atoms with Gasteiger partial charge in [0, 0.05) is 6.20 Å². The van der Waals surface area contributed by atoms with E-state index in [1.807, 2.05) is 18.2 Å². The molecule has 2 amide bonds. The van der Waals surface area contributed by atoms with Crippen molar-refractivity contribution in [3.8, 4) is 6.07 Å². The van der Waals surface area contributed by atoms with Crippen molar-refractivity contribution in [2.24, 2.45) is 0 Å². The van der Waals surface area contributed by atoms with Gasteiger partial charge in [-0.05, 0) is 30.5 Å². The zero-order valence-electron chi connectivity index (χ0n) is 12.8. The fourth-order valence-corrected chi connectivity index (χ4v) is 2.73. The number of nitriles is 1. The highest BCUT2D eigenvalue weighted by molar-refractivity contribution is 6.23. The van der Waals surface area contributed by atoms with E-state index in [1.165, 1.54) is 6.20 Å². The van der Waals surface area contributed by atoms with Crippen molar-refractivity contribution < 1.29 is 9.59 Å². The lowest BCUT2D eigenvalue weighted by Gasteiger charge is -2.09. The molecule has 0 atom stereocenters. The number of carbonyl (C=O) groups is 2. The Hall–Kier alpha value is -3.19. The number of benzene rings is 2. The van der Waals surface area contributed by atoms with Crippen molar-refractivity contribution in [2.75, 3.05) is 0 Å². The van der Waals surface area contributed by atoms with Gasteiger partial charge in [0.25, 0.3) is 11.8 Å². The number of aryl methyl sites for hydroxylation is 2. The molecule has 4 nitrogen and oxygen atoms in total. The first-order chi connectivity index (χ1) is 11.0. The van der Waals surface area contributed by atoms with Crippen molar-refractivity contribution in [3.05, 3.63) is 76.5 Å². The van der Waals surface area contributed by atoms with Gasteiger partial charge >= 0.3 is 0 Å². The molecule has 0 unspecified atom stereocenters. The number of carbonyl (C=O) groups excluding carboxylic acids is 2. The van der Waals surface area contributed by atoms with E-state index in [4.69, 9.17) is 0 Å². The molecule has 2 aromatic carbocycles. The van der Waals surface area contributed by atoms with Gasteiger partial charge in [0.1, 0.15) is 6.07 Å². The summed E-state index contributed by atoms with van der Waals surface area (Å²) in [5.74, 6) is -0.759.